The molecular weight excluding hydrogens is 320 g/mol. The van der Waals surface area contributed by atoms with E-state index in [0.717, 1.165) is 12.4 Å². The van der Waals surface area contributed by atoms with Crippen LogP contribution < -0.4 is 5.32 Å². The first-order chi connectivity index (χ1) is 12.9. The largest absolute Gasteiger partial charge is 0.396 e. The van der Waals surface area contributed by atoms with Crippen molar-refractivity contribution in [3.8, 4) is 0 Å². The fourth-order valence-electron chi connectivity index (χ4n) is 3.61. The minimum atomic E-state index is 0.201. The quantitative estimate of drug-likeness (QED) is 0.226. The minimum Gasteiger partial charge on any atom is -0.396 e. The van der Waals surface area contributed by atoms with Crippen LogP contribution in [0, 0.1) is 0 Å². The van der Waals surface area contributed by atoms with E-state index in [0.29, 0.717) is 12.5 Å². The molecule has 0 radical (unpaired) electrons. The number of amidine groups is 1. The highest BCUT2D eigenvalue weighted by Gasteiger charge is 2.15. The average molecular weight is 365 g/mol. The molecule has 0 saturated carbocycles. The first kappa shape index (κ1) is 23.2. The molecule has 0 amide bonds. The molecule has 0 aromatic heterocycles. The smallest absolute Gasteiger partial charge is 0.0989 e. The molecule has 1 aliphatic rings. The van der Waals surface area contributed by atoms with E-state index in [1.165, 1.54) is 96.3 Å². The third kappa shape index (κ3) is 13.4. The van der Waals surface area contributed by atoms with Crippen molar-refractivity contribution in [1.82, 2.24) is 5.32 Å². The van der Waals surface area contributed by atoms with Gasteiger partial charge in [-0.1, -0.05) is 83.3 Å². The maximum absolute atomic E-state index is 8.91. The predicted molar refractivity (Wildman–Crippen MR) is 115 cm³/mol. The van der Waals surface area contributed by atoms with E-state index in [9.17, 15) is 0 Å². The summed E-state index contributed by atoms with van der Waals surface area (Å²) < 4.78 is 0. The third-order valence-corrected chi connectivity index (χ3v) is 5.29. The van der Waals surface area contributed by atoms with Crippen LogP contribution in [0.3, 0.4) is 0 Å². The molecule has 0 spiro atoms. The number of nitrogens with zero attached hydrogens (tertiary/aromatic N) is 1. The van der Waals surface area contributed by atoms with Crippen molar-refractivity contribution in [3.63, 3.8) is 0 Å². The van der Waals surface area contributed by atoms with Gasteiger partial charge < -0.3 is 10.4 Å². The first-order valence-electron chi connectivity index (χ1n) is 11.4. The molecule has 2 N–H and O–H groups in total. The van der Waals surface area contributed by atoms with Crippen LogP contribution >= 0.6 is 0 Å². The molecule has 1 unspecified atom stereocenters. The Hall–Kier alpha value is -0.830. The Labute approximate surface area is 162 Å². The van der Waals surface area contributed by atoms with E-state index in [-0.39, 0.29) is 6.61 Å². The highest BCUT2D eigenvalue weighted by atomic mass is 16.3. The van der Waals surface area contributed by atoms with Gasteiger partial charge in [-0.05, 0) is 32.1 Å². The lowest BCUT2D eigenvalue weighted by Gasteiger charge is -2.11. The van der Waals surface area contributed by atoms with Gasteiger partial charge in [0.25, 0.3) is 0 Å². The Bertz CT molecular complexity index is 365. The molecule has 0 saturated heterocycles. The molecule has 3 heteroatoms. The number of nitrogens with one attached hydrogen (secondary N) is 1. The Kier molecular flexibility index (Phi) is 15.7. The van der Waals surface area contributed by atoms with Crippen LogP contribution in [0.1, 0.15) is 110 Å². The fourth-order valence-corrected chi connectivity index (χ4v) is 3.61. The second kappa shape index (κ2) is 17.6. The van der Waals surface area contributed by atoms with Gasteiger partial charge in [-0.3, -0.25) is 4.99 Å². The van der Waals surface area contributed by atoms with Crippen molar-refractivity contribution >= 4 is 5.84 Å². The zero-order valence-corrected chi connectivity index (χ0v) is 17.4. The molecule has 0 aromatic rings. The van der Waals surface area contributed by atoms with Gasteiger partial charge in [-0.25, -0.2) is 0 Å². The Morgan fingerprint density at radius 3 is 2.08 bits per heavy atom. The number of aliphatic imine (C=N–C) groups is 1. The average Bonchev–Trinajstić information content (AvgIpc) is 3.09. The number of aliphatic hydroxyl groups excluding tert-OH is 1. The molecule has 152 valence electrons. The fraction of sp³-hybridized carbons (Fsp3) is 0.870. The Balaban J connectivity index is 1.75. The number of hydrogen-bond acceptors (Lipinski definition) is 3. The summed E-state index contributed by atoms with van der Waals surface area (Å²) in [5.74, 6) is 1.00. The molecule has 0 aliphatic carbocycles. The highest BCUT2D eigenvalue weighted by molar-refractivity contribution is 5.84. The van der Waals surface area contributed by atoms with Gasteiger partial charge in [0.2, 0.25) is 0 Å². The molecular formula is C23H44N2O. The summed E-state index contributed by atoms with van der Waals surface area (Å²) >= 11 is 0. The first-order valence-corrected chi connectivity index (χ1v) is 11.4. The molecule has 1 atom stereocenters. The second-order valence-electron chi connectivity index (χ2n) is 7.83. The van der Waals surface area contributed by atoms with Gasteiger partial charge >= 0.3 is 0 Å². The van der Waals surface area contributed by atoms with Gasteiger partial charge in [0, 0.05) is 12.5 Å². The van der Waals surface area contributed by atoms with Gasteiger partial charge in [0.05, 0.1) is 19.0 Å². The SMILES string of the molecule is CCCCCCCC/C=C\CCCCCCCCC1CN=C(CCO)N1. The zero-order valence-electron chi connectivity index (χ0n) is 17.4. The summed E-state index contributed by atoms with van der Waals surface area (Å²) in [7, 11) is 0. The van der Waals surface area contributed by atoms with Gasteiger partial charge in [-0.2, -0.15) is 0 Å². The molecule has 3 nitrogen and oxygen atoms in total. The molecule has 0 bridgehead atoms. The van der Waals surface area contributed by atoms with Gasteiger partial charge in [-0.15, -0.1) is 0 Å². The summed E-state index contributed by atoms with van der Waals surface area (Å²) in [6.07, 6.45) is 25.8. The maximum Gasteiger partial charge on any atom is 0.0989 e. The third-order valence-electron chi connectivity index (χ3n) is 5.29. The molecule has 1 aliphatic heterocycles. The van der Waals surface area contributed by atoms with E-state index < -0.39 is 0 Å². The number of unbranched alkanes of at least 4 members (excludes halogenated alkanes) is 12. The lowest BCUT2D eigenvalue weighted by atomic mass is 10.0. The molecule has 0 fully saturated rings. The van der Waals surface area contributed by atoms with Crippen LogP contribution in [0.15, 0.2) is 17.1 Å². The standard InChI is InChI=1S/C23H44N2O/c1-2-3-4-5-6-7-8-9-10-11-12-13-14-15-16-17-18-22-21-24-23(25-22)19-20-26/h9-10,22,26H,2-8,11-21H2,1H3,(H,24,25)/b10-9-. The highest BCUT2D eigenvalue weighted by Crippen LogP contribution is 2.13. The van der Waals surface area contributed by atoms with Crippen molar-refractivity contribution in [2.45, 2.75) is 116 Å². The second-order valence-corrected chi connectivity index (χ2v) is 7.83. The maximum atomic E-state index is 8.91. The van der Waals surface area contributed by atoms with E-state index in [2.05, 4.69) is 29.4 Å². The van der Waals surface area contributed by atoms with Gasteiger partial charge in [0.15, 0.2) is 0 Å². The van der Waals surface area contributed by atoms with Crippen molar-refractivity contribution in [2.75, 3.05) is 13.2 Å². The van der Waals surface area contributed by atoms with Crippen LogP contribution in [-0.4, -0.2) is 30.1 Å². The molecule has 26 heavy (non-hydrogen) atoms. The molecule has 0 aromatic carbocycles. The zero-order chi connectivity index (χ0) is 18.7. The van der Waals surface area contributed by atoms with E-state index in [4.69, 9.17) is 5.11 Å². The minimum absolute atomic E-state index is 0.201. The van der Waals surface area contributed by atoms with Gasteiger partial charge in [0.1, 0.15) is 0 Å². The van der Waals surface area contributed by atoms with E-state index in [1.807, 2.05) is 0 Å². The summed E-state index contributed by atoms with van der Waals surface area (Å²) in [5, 5.41) is 12.3. The monoisotopic (exact) mass is 364 g/mol. The Morgan fingerprint density at radius 1 is 0.885 bits per heavy atom. The predicted octanol–water partition coefficient (Wildman–Crippen LogP) is 6.17. The number of allylic oxidation sites excluding steroid dienone is 2. The summed E-state index contributed by atoms with van der Waals surface area (Å²) in [6, 6.07) is 0.522. The lowest BCUT2D eigenvalue weighted by molar-refractivity contribution is 0.306. The van der Waals surface area contributed by atoms with Crippen molar-refractivity contribution in [2.24, 2.45) is 4.99 Å². The topological polar surface area (TPSA) is 44.6 Å². The summed E-state index contributed by atoms with van der Waals surface area (Å²) in [6.45, 7) is 3.38. The van der Waals surface area contributed by atoms with Crippen LogP contribution in [0.4, 0.5) is 0 Å². The van der Waals surface area contributed by atoms with E-state index in [1.54, 1.807) is 0 Å². The molecule has 1 rings (SSSR count). The number of rotatable bonds is 18. The summed E-state index contributed by atoms with van der Waals surface area (Å²) in [5.41, 5.74) is 0. The summed E-state index contributed by atoms with van der Waals surface area (Å²) in [4.78, 5) is 4.44. The van der Waals surface area contributed by atoms with Crippen LogP contribution in [0.2, 0.25) is 0 Å². The molecule has 1 heterocycles. The number of aliphatic hydroxyl groups is 1. The Morgan fingerprint density at radius 2 is 1.46 bits per heavy atom. The van der Waals surface area contributed by atoms with Crippen LogP contribution in [-0.2, 0) is 0 Å². The number of hydrogen-bond donors (Lipinski definition) is 2. The lowest BCUT2D eigenvalue weighted by Crippen LogP contribution is -2.30. The van der Waals surface area contributed by atoms with Crippen LogP contribution in [0.5, 0.6) is 0 Å². The van der Waals surface area contributed by atoms with Crippen LogP contribution in [0.25, 0.3) is 0 Å². The van der Waals surface area contributed by atoms with Crippen molar-refractivity contribution in [3.05, 3.63) is 12.2 Å². The van der Waals surface area contributed by atoms with Crippen molar-refractivity contribution < 1.29 is 5.11 Å². The normalized spacial score (nSPS) is 17.0. The van der Waals surface area contributed by atoms with Crippen molar-refractivity contribution in [1.29, 1.82) is 0 Å². The van der Waals surface area contributed by atoms with E-state index >= 15 is 0 Å².